The molecule has 19 nitrogen and oxygen atoms in total. The summed E-state index contributed by atoms with van der Waals surface area (Å²) in [6.45, 7) is 6.11. The van der Waals surface area contributed by atoms with E-state index in [0.717, 1.165) is 0 Å². The molecule has 0 aliphatic carbocycles. The van der Waals surface area contributed by atoms with E-state index in [-0.39, 0.29) is 54.2 Å². The molecule has 9 rings (SSSR count). The van der Waals surface area contributed by atoms with Crippen LogP contribution in [0.4, 0.5) is 44.1 Å². The number of aryl methyl sites for hydroxylation is 3. The average molecular weight is 828 g/mol. The van der Waals surface area contributed by atoms with Gasteiger partial charge in [-0.1, -0.05) is 15.5 Å². The Morgan fingerprint density at radius 1 is 0.574 bits per heavy atom. The molecule has 0 saturated heterocycles. The second kappa shape index (κ2) is 15.8. The Morgan fingerprint density at radius 3 is 1.67 bits per heavy atom. The number of hydrazine groups is 1. The minimum Gasteiger partial charge on any atom is -0.496 e. The van der Waals surface area contributed by atoms with Gasteiger partial charge in [-0.25, -0.2) is 23.7 Å². The Bertz CT molecular complexity index is 3100. The van der Waals surface area contributed by atoms with Gasteiger partial charge in [0.05, 0.1) is 54.1 Å². The van der Waals surface area contributed by atoms with Crippen LogP contribution in [0.1, 0.15) is 34.4 Å². The smallest absolute Gasteiger partial charge is 0.244 e. The highest BCUT2D eigenvalue weighted by Gasteiger charge is 2.20. The number of nitrogens with zero attached hydrogens (tertiary/aromatic N) is 9. The predicted octanol–water partition coefficient (Wildman–Crippen LogP) is 7.22. The SMILES string of the molecule is COc1cc(-c2cc(F)c3c(NCc4cc(C)on4)nc(N)nc3c2)cc2nc(NNc3nc(NCc4cc(C)on4)c4ccc(F)cc4n3)nc(NCc3cc(C)on3)c12. The molecule has 0 aliphatic heterocycles. The fraction of sp³-hybridized carbons (Fsp3) is 0.175. The number of nitrogens with two attached hydrogens (primary N) is 1. The molecule has 6 aromatic heterocycles. The summed E-state index contributed by atoms with van der Waals surface area (Å²) in [5, 5.41) is 23.0. The number of rotatable bonds is 14. The third-order valence-corrected chi connectivity index (χ3v) is 9.37. The fourth-order valence-electron chi connectivity index (χ4n) is 6.70. The summed E-state index contributed by atoms with van der Waals surface area (Å²) in [6, 6.07) is 16.1. The van der Waals surface area contributed by atoms with Crippen LogP contribution in [0.25, 0.3) is 43.8 Å². The molecule has 6 heterocycles. The summed E-state index contributed by atoms with van der Waals surface area (Å²) >= 11 is 0. The Morgan fingerprint density at radius 2 is 1.10 bits per heavy atom. The summed E-state index contributed by atoms with van der Waals surface area (Å²) in [5.41, 5.74) is 15.9. The van der Waals surface area contributed by atoms with Gasteiger partial charge < -0.3 is 40.0 Å². The molecule has 9 aromatic rings. The van der Waals surface area contributed by atoms with E-state index in [1.54, 1.807) is 63.2 Å². The number of anilines is 6. The molecule has 61 heavy (non-hydrogen) atoms. The van der Waals surface area contributed by atoms with E-state index >= 15 is 4.39 Å². The van der Waals surface area contributed by atoms with Crippen molar-refractivity contribution in [2.75, 3.05) is 39.6 Å². The number of hydrogen-bond acceptors (Lipinski definition) is 19. The van der Waals surface area contributed by atoms with E-state index in [2.05, 4.69) is 62.2 Å². The van der Waals surface area contributed by atoms with Crippen LogP contribution in [0, 0.1) is 32.4 Å². The van der Waals surface area contributed by atoms with Crippen molar-refractivity contribution in [1.29, 1.82) is 0 Å². The highest BCUT2D eigenvalue weighted by molar-refractivity contribution is 6.00. The van der Waals surface area contributed by atoms with Gasteiger partial charge in [0, 0.05) is 29.7 Å². The number of benzene rings is 3. The summed E-state index contributed by atoms with van der Waals surface area (Å²) in [4.78, 5) is 27.3. The zero-order valence-electron chi connectivity index (χ0n) is 32.9. The topological polar surface area (TPSA) is 251 Å². The van der Waals surface area contributed by atoms with E-state index in [4.69, 9.17) is 34.0 Å². The molecule has 0 spiro atoms. The van der Waals surface area contributed by atoms with Gasteiger partial charge in [0.25, 0.3) is 0 Å². The Labute approximate surface area is 343 Å². The molecule has 21 heteroatoms. The minimum absolute atomic E-state index is 0.0542. The first kappa shape index (κ1) is 38.3. The third-order valence-electron chi connectivity index (χ3n) is 9.37. The molecular formula is C40H35F2N15O4. The summed E-state index contributed by atoms with van der Waals surface area (Å²) in [6.07, 6.45) is 0. The first-order valence-electron chi connectivity index (χ1n) is 18.7. The van der Waals surface area contributed by atoms with Gasteiger partial charge in [-0.05, 0) is 68.3 Å². The van der Waals surface area contributed by atoms with Gasteiger partial charge in [0.1, 0.15) is 69.2 Å². The number of nitrogen functional groups attached to an aromatic ring is 1. The number of methoxy groups -OCH3 is 1. The van der Waals surface area contributed by atoms with Crippen LogP contribution in [0.15, 0.2) is 74.2 Å². The summed E-state index contributed by atoms with van der Waals surface area (Å²) in [5.74, 6) is 2.35. The van der Waals surface area contributed by atoms with Crippen LogP contribution in [0.2, 0.25) is 0 Å². The highest BCUT2D eigenvalue weighted by atomic mass is 19.1. The molecule has 7 N–H and O–H groups in total. The summed E-state index contributed by atoms with van der Waals surface area (Å²) in [7, 11) is 1.51. The van der Waals surface area contributed by atoms with E-state index < -0.39 is 11.6 Å². The van der Waals surface area contributed by atoms with Gasteiger partial charge >= 0.3 is 0 Å². The average Bonchev–Trinajstić information content (AvgIpc) is 3.99. The molecule has 0 aliphatic rings. The molecule has 0 fully saturated rings. The van der Waals surface area contributed by atoms with Gasteiger partial charge in [-0.2, -0.15) is 15.0 Å². The quantitative estimate of drug-likeness (QED) is 0.0592. The van der Waals surface area contributed by atoms with Crippen LogP contribution in [-0.4, -0.2) is 52.5 Å². The molecule has 0 amide bonds. The lowest BCUT2D eigenvalue weighted by Crippen LogP contribution is -2.16. The highest BCUT2D eigenvalue weighted by Crippen LogP contribution is 2.38. The first-order chi connectivity index (χ1) is 29.5. The largest absolute Gasteiger partial charge is 0.496 e. The van der Waals surface area contributed by atoms with Gasteiger partial charge in [0.15, 0.2) is 0 Å². The second-order valence-corrected chi connectivity index (χ2v) is 13.9. The zero-order chi connectivity index (χ0) is 42.2. The number of nitrogens with one attached hydrogen (secondary N) is 5. The lowest BCUT2D eigenvalue weighted by atomic mass is 10.0. The Hall–Kier alpha value is -8.23. The minimum atomic E-state index is -0.592. The van der Waals surface area contributed by atoms with Crippen LogP contribution < -0.4 is 37.3 Å². The van der Waals surface area contributed by atoms with Crippen LogP contribution in [0.5, 0.6) is 5.75 Å². The van der Waals surface area contributed by atoms with Crippen LogP contribution in [-0.2, 0) is 19.6 Å². The second-order valence-electron chi connectivity index (χ2n) is 13.9. The molecule has 0 radical (unpaired) electrons. The van der Waals surface area contributed by atoms with E-state index in [9.17, 15) is 4.39 Å². The Balaban J connectivity index is 1.08. The maximum atomic E-state index is 16.1. The predicted molar refractivity (Wildman–Crippen MR) is 221 cm³/mol. The normalized spacial score (nSPS) is 11.4. The number of ether oxygens (including phenoxy) is 1. The summed E-state index contributed by atoms with van der Waals surface area (Å²) < 4.78 is 52.0. The van der Waals surface area contributed by atoms with E-state index in [1.165, 1.54) is 25.3 Å². The van der Waals surface area contributed by atoms with Gasteiger partial charge in [-0.15, -0.1) is 0 Å². The van der Waals surface area contributed by atoms with Gasteiger partial charge in [0.2, 0.25) is 17.8 Å². The molecule has 0 atom stereocenters. The van der Waals surface area contributed by atoms with Crippen molar-refractivity contribution < 1.29 is 27.1 Å². The molecule has 308 valence electrons. The standard InChI is InChI=1S/C40H35F2N15O4/c1-18-7-24(55-59-18)15-44-35-27-6-5-23(41)14-29(27)48-39(51-35)53-54-40-49-31-12-22(13-32(58-4)34(31)37(52-40)46-17-26-9-20(3)61-57-26)21-10-28(42)33-30(11-21)47-38(43)50-36(33)45-16-25-8-19(2)60-56-25/h5-14H,15-17H2,1-4H3,(H3,43,45,47,50)(H2,44,48,51,53)(H2,46,49,52,54). The number of fused-ring (bicyclic) bond motifs is 3. The van der Waals surface area contributed by atoms with Gasteiger partial charge in [-0.3, -0.25) is 10.9 Å². The van der Waals surface area contributed by atoms with Crippen molar-refractivity contribution in [3.63, 3.8) is 0 Å². The first-order valence-corrected chi connectivity index (χ1v) is 18.7. The molecule has 0 saturated carbocycles. The molecular weight excluding hydrogens is 793 g/mol. The van der Waals surface area contributed by atoms with Crippen molar-refractivity contribution in [3.8, 4) is 16.9 Å². The maximum Gasteiger partial charge on any atom is 0.244 e. The van der Waals surface area contributed by atoms with Crippen molar-refractivity contribution in [3.05, 3.63) is 107 Å². The van der Waals surface area contributed by atoms with Crippen LogP contribution >= 0.6 is 0 Å². The van der Waals surface area contributed by atoms with Crippen LogP contribution in [0.3, 0.4) is 0 Å². The third kappa shape index (κ3) is 8.11. The van der Waals surface area contributed by atoms with Crippen molar-refractivity contribution in [2.45, 2.75) is 40.4 Å². The zero-order valence-corrected chi connectivity index (χ0v) is 32.9. The molecule has 0 unspecified atom stereocenters. The number of halogens is 2. The number of hydrogen-bond donors (Lipinski definition) is 6. The van der Waals surface area contributed by atoms with E-state index in [1.807, 2.05) is 0 Å². The maximum absolute atomic E-state index is 16.1. The number of aromatic nitrogens is 9. The molecule has 3 aromatic carbocycles. The monoisotopic (exact) mass is 827 g/mol. The fourth-order valence-corrected chi connectivity index (χ4v) is 6.70. The van der Waals surface area contributed by atoms with E-state index in [0.29, 0.717) is 84.7 Å². The Kier molecular flexibility index (Phi) is 9.95. The lowest BCUT2D eigenvalue weighted by Gasteiger charge is -2.16. The van der Waals surface area contributed by atoms with Crippen molar-refractivity contribution >= 4 is 68.0 Å². The van der Waals surface area contributed by atoms with Crippen molar-refractivity contribution in [1.82, 2.24) is 45.4 Å². The van der Waals surface area contributed by atoms with Crippen molar-refractivity contribution in [2.24, 2.45) is 0 Å². The molecule has 0 bridgehead atoms. The lowest BCUT2D eigenvalue weighted by molar-refractivity contribution is 0.391.